The number of para-hydroxylation sites is 1. The molecule has 1 saturated heterocycles. The molecule has 1 aliphatic rings. The molecule has 1 amide bonds. The highest BCUT2D eigenvalue weighted by Gasteiger charge is 2.24. The maximum absolute atomic E-state index is 13.7. The van der Waals surface area contributed by atoms with Gasteiger partial charge >= 0.3 is 0 Å². The van der Waals surface area contributed by atoms with Crippen LogP contribution in [0.3, 0.4) is 0 Å². The largest absolute Gasteiger partial charge is 0.368 e. The van der Waals surface area contributed by atoms with E-state index in [0.29, 0.717) is 26.2 Å². The van der Waals surface area contributed by atoms with E-state index in [4.69, 9.17) is 0 Å². The number of anilines is 1. The lowest BCUT2D eigenvalue weighted by atomic mass is 10.1. The van der Waals surface area contributed by atoms with Gasteiger partial charge in [-0.05, 0) is 24.3 Å². The fourth-order valence-corrected chi connectivity index (χ4v) is 2.87. The van der Waals surface area contributed by atoms with Gasteiger partial charge in [0.2, 0.25) is 0 Å². The fraction of sp³-hybridized carbons (Fsp3) is 0.200. The predicted molar refractivity (Wildman–Crippen MR) is 95.2 cm³/mol. The summed E-state index contributed by atoms with van der Waals surface area (Å²) < 4.78 is 13.7. The van der Waals surface area contributed by atoms with Gasteiger partial charge in [0.15, 0.2) is 0 Å². The number of hydrogen-bond donors (Lipinski definition) is 0. The number of piperazine rings is 1. The Morgan fingerprint density at radius 1 is 1.00 bits per heavy atom. The molecule has 0 radical (unpaired) electrons. The Labute approximate surface area is 146 Å². The van der Waals surface area contributed by atoms with Gasteiger partial charge in [-0.2, -0.15) is 5.26 Å². The summed E-state index contributed by atoms with van der Waals surface area (Å²) in [5.41, 5.74) is 1.32. The first-order valence-corrected chi connectivity index (χ1v) is 8.14. The van der Waals surface area contributed by atoms with Crippen LogP contribution in [0, 0.1) is 17.1 Å². The standard InChI is InChI=1S/C20H18FN3O/c21-19-9-5-4-6-16(19)14-17(15-22)20(25)24-12-10-23(11-13-24)18-7-2-1-3-8-18/h1-9,14H,10-13H2/b17-14-. The van der Waals surface area contributed by atoms with Gasteiger partial charge in [0, 0.05) is 37.4 Å². The summed E-state index contributed by atoms with van der Waals surface area (Å²) in [7, 11) is 0. The molecule has 0 bridgehead atoms. The lowest BCUT2D eigenvalue weighted by Crippen LogP contribution is -2.49. The van der Waals surface area contributed by atoms with E-state index >= 15 is 0 Å². The quantitative estimate of drug-likeness (QED) is 0.640. The SMILES string of the molecule is N#C/C(=C/c1ccccc1F)C(=O)N1CCN(c2ccccc2)CC1. The van der Waals surface area contributed by atoms with Crippen LogP contribution >= 0.6 is 0 Å². The van der Waals surface area contributed by atoms with Gasteiger partial charge in [-0.15, -0.1) is 0 Å². The van der Waals surface area contributed by atoms with E-state index in [1.807, 2.05) is 36.4 Å². The number of hydrogen-bond acceptors (Lipinski definition) is 3. The lowest BCUT2D eigenvalue weighted by molar-refractivity contribution is -0.126. The summed E-state index contributed by atoms with van der Waals surface area (Å²) in [6.45, 7) is 2.47. The number of carbonyl (C=O) groups excluding carboxylic acids is 1. The van der Waals surface area contributed by atoms with Gasteiger partial charge in [-0.3, -0.25) is 4.79 Å². The highest BCUT2D eigenvalue weighted by Crippen LogP contribution is 2.18. The van der Waals surface area contributed by atoms with Gasteiger partial charge in [-0.1, -0.05) is 36.4 Å². The summed E-state index contributed by atoms with van der Waals surface area (Å²) in [6, 6.07) is 18.0. The summed E-state index contributed by atoms with van der Waals surface area (Å²) in [6.07, 6.45) is 1.32. The van der Waals surface area contributed by atoms with Crippen LogP contribution in [0.2, 0.25) is 0 Å². The topological polar surface area (TPSA) is 47.3 Å². The summed E-state index contributed by atoms with van der Waals surface area (Å²) >= 11 is 0. The molecule has 1 aliphatic heterocycles. The molecule has 5 heteroatoms. The maximum Gasteiger partial charge on any atom is 0.264 e. The van der Waals surface area contributed by atoms with Crippen molar-refractivity contribution in [2.75, 3.05) is 31.1 Å². The van der Waals surface area contributed by atoms with Gasteiger partial charge < -0.3 is 9.80 Å². The van der Waals surface area contributed by atoms with Gasteiger partial charge in [0.1, 0.15) is 17.5 Å². The molecule has 4 nitrogen and oxygen atoms in total. The van der Waals surface area contributed by atoms with Crippen molar-refractivity contribution < 1.29 is 9.18 Å². The third-order valence-corrected chi connectivity index (χ3v) is 4.24. The Balaban J connectivity index is 1.69. The molecule has 1 heterocycles. The van der Waals surface area contributed by atoms with E-state index < -0.39 is 5.82 Å². The molecule has 0 unspecified atom stereocenters. The second kappa shape index (κ2) is 7.63. The van der Waals surface area contributed by atoms with Crippen molar-refractivity contribution in [2.24, 2.45) is 0 Å². The third kappa shape index (κ3) is 3.86. The molecule has 3 rings (SSSR count). The van der Waals surface area contributed by atoms with E-state index in [2.05, 4.69) is 4.90 Å². The second-order valence-corrected chi connectivity index (χ2v) is 5.81. The van der Waals surface area contributed by atoms with Crippen LogP contribution in [0.15, 0.2) is 60.2 Å². The number of carbonyl (C=O) groups is 1. The number of rotatable bonds is 3. The van der Waals surface area contributed by atoms with Gasteiger partial charge in [0.05, 0.1) is 0 Å². The second-order valence-electron chi connectivity index (χ2n) is 5.81. The number of amides is 1. The van der Waals surface area contributed by atoms with Crippen LogP contribution in [-0.2, 0) is 4.79 Å². The van der Waals surface area contributed by atoms with Crippen molar-refractivity contribution >= 4 is 17.7 Å². The van der Waals surface area contributed by atoms with E-state index in [0.717, 1.165) is 5.69 Å². The molecule has 0 N–H and O–H groups in total. The Kier molecular flexibility index (Phi) is 5.10. The molecular formula is C20H18FN3O. The first-order chi connectivity index (χ1) is 12.2. The van der Waals surface area contributed by atoms with Crippen molar-refractivity contribution in [3.63, 3.8) is 0 Å². The Hall–Kier alpha value is -3.13. The van der Waals surface area contributed by atoms with Crippen LogP contribution in [0.5, 0.6) is 0 Å². The summed E-state index contributed by atoms with van der Waals surface area (Å²) in [5, 5.41) is 9.31. The molecule has 0 aliphatic carbocycles. The lowest BCUT2D eigenvalue weighted by Gasteiger charge is -2.36. The average Bonchev–Trinajstić information content (AvgIpc) is 2.68. The van der Waals surface area contributed by atoms with E-state index in [1.165, 1.54) is 12.1 Å². The van der Waals surface area contributed by atoms with Crippen molar-refractivity contribution in [3.05, 3.63) is 71.6 Å². The maximum atomic E-state index is 13.7. The van der Waals surface area contributed by atoms with Crippen LogP contribution in [-0.4, -0.2) is 37.0 Å². The molecule has 25 heavy (non-hydrogen) atoms. The van der Waals surface area contributed by atoms with Crippen LogP contribution in [0.25, 0.3) is 6.08 Å². The molecule has 0 aromatic heterocycles. The zero-order valence-electron chi connectivity index (χ0n) is 13.7. The zero-order chi connectivity index (χ0) is 17.6. The van der Waals surface area contributed by atoms with Crippen LogP contribution in [0.4, 0.5) is 10.1 Å². The predicted octanol–water partition coefficient (Wildman–Crippen LogP) is 3.08. The minimum absolute atomic E-state index is 0.0433. The van der Waals surface area contributed by atoms with E-state index in [-0.39, 0.29) is 17.0 Å². The minimum Gasteiger partial charge on any atom is -0.368 e. The number of nitriles is 1. The van der Waals surface area contributed by atoms with E-state index in [1.54, 1.807) is 23.1 Å². The molecule has 0 atom stereocenters. The smallest absolute Gasteiger partial charge is 0.264 e. The Bertz CT molecular complexity index is 818. The monoisotopic (exact) mass is 335 g/mol. The molecular weight excluding hydrogens is 317 g/mol. The van der Waals surface area contributed by atoms with Crippen molar-refractivity contribution in [3.8, 4) is 6.07 Å². The summed E-state index contributed by atoms with van der Waals surface area (Å²) in [5.74, 6) is -0.796. The summed E-state index contributed by atoms with van der Waals surface area (Å²) in [4.78, 5) is 16.4. The average molecular weight is 335 g/mol. The molecule has 2 aromatic carbocycles. The number of benzene rings is 2. The van der Waals surface area contributed by atoms with Crippen molar-refractivity contribution in [1.29, 1.82) is 5.26 Å². The van der Waals surface area contributed by atoms with Gasteiger partial charge in [-0.25, -0.2) is 4.39 Å². The Morgan fingerprint density at radius 3 is 2.28 bits per heavy atom. The fourth-order valence-electron chi connectivity index (χ4n) is 2.87. The number of nitrogens with zero attached hydrogens (tertiary/aromatic N) is 3. The molecule has 126 valence electrons. The molecule has 1 fully saturated rings. The van der Waals surface area contributed by atoms with E-state index in [9.17, 15) is 14.4 Å². The third-order valence-electron chi connectivity index (χ3n) is 4.24. The van der Waals surface area contributed by atoms with Crippen LogP contribution in [0.1, 0.15) is 5.56 Å². The highest BCUT2D eigenvalue weighted by molar-refractivity contribution is 6.01. The highest BCUT2D eigenvalue weighted by atomic mass is 19.1. The minimum atomic E-state index is -0.447. The van der Waals surface area contributed by atoms with Crippen molar-refractivity contribution in [2.45, 2.75) is 0 Å². The molecule has 0 spiro atoms. The Morgan fingerprint density at radius 2 is 1.64 bits per heavy atom. The van der Waals surface area contributed by atoms with Crippen LogP contribution < -0.4 is 4.90 Å². The zero-order valence-corrected chi connectivity index (χ0v) is 13.7. The first-order valence-electron chi connectivity index (χ1n) is 8.14. The van der Waals surface area contributed by atoms with Gasteiger partial charge in [0.25, 0.3) is 5.91 Å². The molecule has 2 aromatic rings. The van der Waals surface area contributed by atoms with Crippen molar-refractivity contribution in [1.82, 2.24) is 4.90 Å². The number of halogens is 1. The molecule has 0 saturated carbocycles. The first kappa shape index (κ1) is 16.7. The normalized spacial score (nSPS) is 15.0.